The molecule has 2 aliphatic heterocycles. The summed E-state index contributed by atoms with van der Waals surface area (Å²) in [5.41, 5.74) is 10.8. The summed E-state index contributed by atoms with van der Waals surface area (Å²) < 4.78 is 27.1. The van der Waals surface area contributed by atoms with E-state index in [4.69, 9.17) is 11.5 Å². The number of piperazine rings is 1. The molecule has 0 radical (unpaired) electrons. The van der Waals surface area contributed by atoms with Crippen LogP contribution in [0.2, 0.25) is 0 Å². The Morgan fingerprint density at radius 1 is 1.00 bits per heavy atom. The van der Waals surface area contributed by atoms with Crippen LogP contribution in [0.1, 0.15) is 51.1 Å². The number of nitrogens with two attached hydrogens (primary N) is 2. The van der Waals surface area contributed by atoms with E-state index >= 15 is 0 Å². The van der Waals surface area contributed by atoms with E-state index in [1.165, 1.54) is 6.20 Å². The number of rotatable bonds is 10. The summed E-state index contributed by atoms with van der Waals surface area (Å²) in [5, 5.41) is 0. The van der Waals surface area contributed by atoms with Gasteiger partial charge in [-0.25, -0.2) is 18.7 Å². The second-order valence-corrected chi connectivity index (χ2v) is 10.1. The van der Waals surface area contributed by atoms with Crippen LogP contribution in [0.3, 0.4) is 0 Å². The van der Waals surface area contributed by atoms with Crippen LogP contribution < -0.4 is 16.4 Å². The zero-order chi connectivity index (χ0) is 28.6. The van der Waals surface area contributed by atoms with Crippen LogP contribution >= 0.6 is 0 Å². The van der Waals surface area contributed by atoms with Gasteiger partial charge < -0.3 is 21.3 Å². The van der Waals surface area contributed by atoms with Gasteiger partial charge in [-0.1, -0.05) is 6.08 Å². The average Bonchev–Trinajstić information content (AvgIpc) is 2.93. The number of carbonyl (C=O) groups is 2. The molecular formula is C26H36F2N10O2. The highest BCUT2D eigenvalue weighted by Crippen LogP contribution is 2.29. The number of ketones is 1. The monoisotopic (exact) mass is 558 g/mol. The second kappa shape index (κ2) is 13.5. The van der Waals surface area contributed by atoms with Crippen LogP contribution in [0.5, 0.6) is 0 Å². The summed E-state index contributed by atoms with van der Waals surface area (Å²) in [7, 11) is 0. The van der Waals surface area contributed by atoms with E-state index in [2.05, 4.69) is 29.8 Å². The van der Waals surface area contributed by atoms with Crippen molar-refractivity contribution in [1.29, 1.82) is 0 Å². The lowest BCUT2D eigenvalue weighted by Gasteiger charge is -2.39. The lowest BCUT2D eigenvalue weighted by molar-refractivity contribution is -0.132. The van der Waals surface area contributed by atoms with E-state index in [1.54, 1.807) is 12.2 Å². The van der Waals surface area contributed by atoms with Crippen molar-refractivity contribution in [2.45, 2.75) is 45.5 Å². The van der Waals surface area contributed by atoms with Gasteiger partial charge in [0.1, 0.15) is 5.69 Å². The summed E-state index contributed by atoms with van der Waals surface area (Å²) in [6.07, 6.45) is 4.87. The Morgan fingerprint density at radius 3 is 2.40 bits per heavy atom. The molecule has 4 heterocycles. The number of anilines is 3. The number of aromatic nitrogens is 5. The molecule has 2 aromatic heterocycles. The summed E-state index contributed by atoms with van der Waals surface area (Å²) in [4.78, 5) is 50.5. The molecule has 40 heavy (non-hydrogen) atoms. The predicted molar refractivity (Wildman–Crippen MR) is 146 cm³/mol. The standard InChI is InChI=1S/C26H36F2N10O2/c1-2-4-18(39)5-3-6-20(40)37-9-7-17(8-10-37)16-36-11-13-38(14-12-36)26-34-23(33-25(30)35-26)19-15-31-24(29)32-21(19)22(27)28/h2,4,15,17,22H,3,5-14,16H2,1H3,(H2,29,31,32)(H2,30,33,34,35)/b4-2+. The number of allylic oxidation sites excluding steroid dienone is 2. The van der Waals surface area contributed by atoms with Crippen molar-refractivity contribution in [2.24, 2.45) is 5.92 Å². The third-order valence-electron chi connectivity index (χ3n) is 7.23. The Balaban J connectivity index is 1.26. The van der Waals surface area contributed by atoms with Gasteiger partial charge in [-0.3, -0.25) is 14.5 Å². The van der Waals surface area contributed by atoms with E-state index in [0.29, 0.717) is 44.2 Å². The third-order valence-corrected chi connectivity index (χ3v) is 7.23. The molecule has 0 spiro atoms. The molecule has 14 heteroatoms. The van der Waals surface area contributed by atoms with Gasteiger partial charge in [0.25, 0.3) is 6.43 Å². The maximum atomic E-state index is 13.5. The Morgan fingerprint density at radius 2 is 1.73 bits per heavy atom. The van der Waals surface area contributed by atoms with Crippen LogP contribution in [0.15, 0.2) is 18.3 Å². The number of likely N-dealkylation sites (tertiary alicyclic amines) is 1. The Kier molecular flexibility index (Phi) is 9.85. The molecule has 4 rings (SSSR count). The highest BCUT2D eigenvalue weighted by Gasteiger charge is 2.27. The summed E-state index contributed by atoms with van der Waals surface area (Å²) in [5.74, 6) is 0.649. The molecule has 0 bridgehead atoms. The molecule has 4 N–H and O–H groups in total. The maximum Gasteiger partial charge on any atom is 0.281 e. The first-order valence-electron chi connectivity index (χ1n) is 13.6. The van der Waals surface area contributed by atoms with Gasteiger partial charge in [0.15, 0.2) is 11.6 Å². The van der Waals surface area contributed by atoms with Gasteiger partial charge >= 0.3 is 0 Å². The van der Waals surface area contributed by atoms with Crippen LogP contribution in [-0.2, 0) is 9.59 Å². The predicted octanol–water partition coefficient (Wildman–Crippen LogP) is 2.11. The van der Waals surface area contributed by atoms with Gasteiger partial charge in [0.2, 0.25) is 23.8 Å². The molecule has 0 saturated carbocycles. The number of nitrogen functional groups attached to an aromatic ring is 2. The first kappa shape index (κ1) is 29.2. The third kappa shape index (κ3) is 7.64. The normalized spacial score (nSPS) is 17.2. The van der Waals surface area contributed by atoms with Crippen molar-refractivity contribution in [1.82, 2.24) is 34.7 Å². The molecule has 0 unspecified atom stereocenters. The van der Waals surface area contributed by atoms with E-state index < -0.39 is 12.1 Å². The van der Waals surface area contributed by atoms with Gasteiger partial charge in [0.05, 0.1) is 5.56 Å². The zero-order valence-corrected chi connectivity index (χ0v) is 22.7. The number of hydrogen-bond acceptors (Lipinski definition) is 11. The van der Waals surface area contributed by atoms with Crippen molar-refractivity contribution < 1.29 is 18.4 Å². The zero-order valence-electron chi connectivity index (χ0n) is 22.7. The fourth-order valence-corrected chi connectivity index (χ4v) is 5.09. The van der Waals surface area contributed by atoms with Crippen LogP contribution in [0.25, 0.3) is 11.4 Å². The van der Waals surface area contributed by atoms with Crippen molar-refractivity contribution in [2.75, 3.05) is 62.2 Å². The maximum absolute atomic E-state index is 13.5. The smallest absolute Gasteiger partial charge is 0.281 e. The van der Waals surface area contributed by atoms with Gasteiger partial charge in [-0.05, 0) is 38.2 Å². The minimum absolute atomic E-state index is 0.0223. The summed E-state index contributed by atoms with van der Waals surface area (Å²) in [6.45, 7) is 7.10. The minimum atomic E-state index is -2.88. The van der Waals surface area contributed by atoms with Crippen LogP contribution in [-0.4, -0.2) is 92.2 Å². The van der Waals surface area contributed by atoms with Crippen molar-refractivity contribution in [3.8, 4) is 11.4 Å². The molecule has 0 atom stereocenters. The van der Waals surface area contributed by atoms with Crippen molar-refractivity contribution >= 4 is 29.5 Å². The first-order valence-corrected chi connectivity index (χ1v) is 13.6. The first-order chi connectivity index (χ1) is 19.2. The molecule has 1 amide bonds. The molecule has 0 aromatic carbocycles. The number of carbonyl (C=O) groups excluding carboxylic acids is 2. The lowest BCUT2D eigenvalue weighted by atomic mass is 9.95. The SMILES string of the molecule is C/C=C/C(=O)CCCC(=O)N1CCC(CN2CCN(c3nc(N)nc(-c4cnc(N)nc4C(F)F)n3)CC2)CC1. The molecule has 2 fully saturated rings. The fourth-order valence-electron chi connectivity index (χ4n) is 5.09. The summed E-state index contributed by atoms with van der Waals surface area (Å²) >= 11 is 0. The minimum Gasteiger partial charge on any atom is -0.368 e. The lowest BCUT2D eigenvalue weighted by Crippen LogP contribution is -2.49. The van der Waals surface area contributed by atoms with Crippen LogP contribution in [0, 0.1) is 5.92 Å². The number of hydrogen-bond donors (Lipinski definition) is 2. The molecule has 2 aromatic rings. The number of nitrogens with zero attached hydrogens (tertiary/aromatic N) is 8. The summed E-state index contributed by atoms with van der Waals surface area (Å²) in [6, 6.07) is 0. The number of alkyl halides is 2. The van der Waals surface area contributed by atoms with Crippen LogP contribution in [0.4, 0.5) is 26.6 Å². The fraction of sp³-hybridized carbons (Fsp3) is 0.577. The number of amides is 1. The van der Waals surface area contributed by atoms with Gasteiger partial charge in [0, 0.05) is 64.9 Å². The quantitative estimate of drug-likeness (QED) is 0.411. The van der Waals surface area contributed by atoms with E-state index in [0.717, 1.165) is 45.6 Å². The Bertz CT molecular complexity index is 1210. The van der Waals surface area contributed by atoms with Gasteiger partial charge in [-0.15, -0.1) is 0 Å². The van der Waals surface area contributed by atoms with E-state index in [9.17, 15) is 18.4 Å². The highest BCUT2D eigenvalue weighted by atomic mass is 19.3. The number of piperidine rings is 1. The Labute approximate surface area is 231 Å². The Hall–Kier alpha value is -3.81. The van der Waals surface area contributed by atoms with Gasteiger partial charge in [-0.2, -0.15) is 15.0 Å². The molecule has 2 saturated heterocycles. The van der Waals surface area contributed by atoms with Crippen molar-refractivity contribution in [3.05, 3.63) is 24.0 Å². The topological polar surface area (TPSA) is 160 Å². The molecule has 0 aliphatic carbocycles. The largest absolute Gasteiger partial charge is 0.368 e. The molecular weight excluding hydrogens is 522 g/mol. The van der Waals surface area contributed by atoms with E-state index in [1.807, 2.05) is 16.7 Å². The average molecular weight is 559 g/mol. The second-order valence-electron chi connectivity index (χ2n) is 10.1. The number of halogens is 2. The van der Waals surface area contributed by atoms with E-state index in [-0.39, 0.29) is 35.0 Å². The van der Waals surface area contributed by atoms with Crippen molar-refractivity contribution in [3.63, 3.8) is 0 Å². The highest BCUT2D eigenvalue weighted by molar-refractivity contribution is 5.89. The molecule has 2 aliphatic rings. The molecule has 216 valence electrons. The molecule has 12 nitrogen and oxygen atoms in total.